The number of carboxylic acid groups (broad SMARTS) is 1. The first-order valence-electron chi connectivity index (χ1n) is 14.7. The molecule has 1 aliphatic carbocycles. The molecule has 9 heteroatoms. The zero-order valence-corrected chi connectivity index (χ0v) is 24.1. The lowest BCUT2D eigenvalue weighted by Gasteiger charge is -2.34. The van der Waals surface area contributed by atoms with Gasteiger partial charge in [-0.3, -0.25) is 14.5 Å². The van der Waals surface area contributed by atoms with Crippen molar-refractivity contribution < 1.29 is 23.1 Å². The summed E-state index contributed by atoms with van der Waals surface area (Å²) in [6, 6.07) is 10.4. The first-order valence-corrected chi connectivity index (χ1v) is 14.7. The number of carbonyl (C=O) groups is 1. The molecule has 2 atom stereocenters. The van der Waals surface area contributed by atoms with Crippen molar-refractivity contribution >= 4 is 5.97 Å². The first kappa shape index (κ1) is 30.0. The highest BCUT2D eigenvalue weighted by Crippen LogP contribution is 2.37. The molecule has 1 aliphatic heterocycles. The number of aryl methyl sites for hydroxylation is 2. The Labute approximate surface area is 244 Å². The number of nitrogens with zero attached hydrogens (tertiary/aromatic N) is 2. The van der Waals surface area contributed by atoms with Crippen LogP contribution in [0.4, 0.5) is 13.2 Å². The highest BCUT2D eigenvalue weighted by atomic mass is 19.2. The molecule has 2 heterocycles. The van der Waals surface area contributed by atoms with E-state index in [9.17, 15) is 23.5 Å². The Kier molecular flexibility index (Phi) is 9.18. The van der Waals surface area contributed by atoms with Crippen molar-refractivity contribution in [2.24, 2.45) is 5.92 Å². The predicted molar refractivity (Wildman–Crippen MR) is 156 cm³/mol. The number of alkyl halides is 1. The third kappa shape index (κ3) is 7.13. The minimum Gasteiger partial charge on any atom is -0.481 e. The molecule has 5 rings (SSSR count). The van der Waals surface area contributed by atoms with Gasteiger partial charge in [0.1, 0.15) is 6.17 Å². The molecule has 2 N–H and O–H groups in total. The van der Waals surface area contributed by atoms with Crippen molar-refractivity contribution in [3.63, 3.8) is 0 Å². The Morgan fingerprint density at radius 1 is 1.10 bits per heavy atom. The number of hydrogen-bond donors (Lipinski definition) is 2. The zero-order valence-electron chi connectivity index (χ0n) is 24.1. The maximum atomic E-state index is 15.3. The van der Waals surface area contributed by atoms with Crippen LogP contribution in [0.25, 0.3) is 11.1 Å². The Bertz CT molecular complexity index is 1480. The molecule has 2 aromatic carbocycles. The normalized spacial score (nSPS) is 17.2. The third-order valence-electron chi connectivity index (χ3n) is 8.50. The van der Waals surface area contributed by atoms with Gasteiger partial charge in [0.2, 0.25) is 0 Å². The second-order valence-electron chi connectivity index (χ2n) is 11.9. The van der Waals surface area contributed by atoms with Crippen LogP contribution in [-0.4, -0.2) is 52.9 Å². The van der Waals surface area contributed by atoms with Gasteiger partial charge in [0.15, 0.2) is 11.6 Å². The number of halogens is 3. The average Bonchev–Trinajstić information content (AvgIpc) is 3.74. The van der Waals surface area contributed by atoms with Gasteiger partial charge in [0.05, 0.1) is 6.42 Å². The number of likely N-dealkylation sites (tertiary alicyclic amines) is 1. The molecule has 1 saturated heterocycles. The molecule has 2 aliphatic rings. The number of nitrogens with one attached hydrogen (secondary N) is 1. The largest absolute Gasteiger partial charge is 0.481 e. The molecule has 42 heavy (non-hydrogen) atoms. The molecule has 0 bridgehead atoms. The summed E-state index contributed by atoms with van der Waals surface area (Å²) >= 11 is 0. The number of pyridine rings is 1. The molecule has 2 fully saturated rings. The van der Waals surface area contributed by atoms with Crippen LogP contribution in [0.5, 0.6) is 0 Å². The number of benzene rings is 2. The summed E-state index contributed by atoms with van der Waals surface area (Å²) in [5.74, 6) is -2.82. The smallest absolute Gasteiger partial charge is 0.305 e. The molecule has 0 radical (unpaired) electrons. The summed E-state index contributed by atoms with van der Waals surface area (Å²) in [7, 11) is 0. The predicted octanol–water partition coefficient (Wildman–Crippen LogP) is 5.75. The van der Waals surface area contributed by atoms with Crippen LogP contribution in [0.2, 0.25) is 0 Å². The van der Waals surface area contributed by atoms with E-state index in [-0.39, 0.29) is 23.7 Å². The molecular weight excluding hydrogens is 543 g/mol. The minimum atomic E-state index is -1.15. The van der Waals surface area contributed by atoms with Gasteiger partial charge < -0.3 is 15.0 Å². The average molecular weight is 582 g/mol. The first-order chi connectivity index (χ1) is 20.1. The number of aliphatic carboxylic acids is 1. The number of aromatic nitrogens is 1. The second kappa shape index (κ2) is 12.8. The fraction of sp³-hybridized carbons (Fsp3) is 0.455. The Morgan fingerprint density at radius 2 is 1.81 bits per heavy atom. The lowest BCUT2D eigenvalue weighted by atomic mass is 9.92. The zero-order chi connectivity index (χ0) is 30.0. The Hall–Kier alpha value is -3.43. The van der Waals surface area contributed by atoms with Gasteiger partial charge in [-0.15, -0.1) is 0 Å². The molecule has 1 unspecified atom stereocenters. The van der Waals surface area contributed by atoms with Gasteiger partial charge in [0.25, 0.3) is 5.56 Å². The van der Waals surface area contributed by atoms with Gasteiger partial charge in [-0.2, -0.15) is 0 Å². The van der Waals surface area contributed by atoms with Gasteiger partial charge in [-0.05, 0) is 72.6 Å². The van der Waals surface area contributed by atoms with Gasteiger partial charge in [-0.1, -0.05) is 37.1 Å². The highest BCUT2D eigenvalue weighted by Gasteiger charge is 2.30. The maximum Gasteiger partial charge on any atom is 0.305 e. The molecule has 1 saturated carbocycles. The van der Waals surface area contributed by atoms with Gasteiger partial charge >= 0.3 is 5.97 Å². The fourth-order valence-electron chi connectivity index (χ4n) is 6.02. The highest BCUT2D eigenvalue weighted by molar-refractivity contribution is 5.72. The number of hydrogen-bond acceptors (Lipinski definition) is 4. The lowest BCUT2D eigenvalue weighted by molar-refractivity contribution is -0.137. The van der Waals surface area contributed by atoms with Crippen LogP contribution < -0.4 is 10.9 Å². The summed E-state index contributed by atoms with van der Waals surface area (Å²) < 4.78 is 45.2. The standard InChI is InChI=1S/C33H38F3N3O3/c1-20-4-3-5-21(2)32(20)24-13-27(33(36)28(35)14-24)29(15-31(41)42)37-16-26(12-22-6-7-22)39-17-23(8-9-30(39)40)10-11-38-18-25(34)19-38/h3-5,8-9,13-14,17,22,25-26,29,37H,6-7,10-12,15-16,18-19H2,1-2H3,(H,41,42)/t26?,29-/m0/s1. The lowest BCUT2D eigenvalue weighted by Crippen LogP contribution is -2.48. The Morgan fingerprint density at radius 3 is 2.45 bits per heavy atom. The van der Waals surface area contributed by atoms with Crippen LogP contribution >= 0.6 is 0 Å². The van der Waals surface area contributed by atoms with Crippen molar-refractivity contribution in [1.82, 2.24) is 14.8 Å². The van der Waals surface area contributed by atoms with Crippen LogP contribution in [0.3, 0.4) is 0 Å². The van der Waals surface area contributed by atoms with Crippen molar-refractivity contribution in [2.75, 3.05) is 26.2 Å². The van der Waals surface area contributed by atoms with E-state index in [1.165, 1.54) is 12.1 Å². The topological polar surface area (TPSA) is 74.6 Å². The van der Waals surface area contributed by atoms with Crippen molar-refractivity contribution in [3.8, 4) is 11.1 Å². The van der Waals surface area contributed by atoms with E-state index < -0.39 is 36.2 Å². The summed E-state index contributed by atoms with van der Waals surface area (Å²) in [4.78, 5) is 26.9. The van der Waals surface area contributed by atoms with E-state index in [2.05, 4.69) is 5.32 Å². The van der Waals surface area contributed by atoms with Gasteiger partial charge in [0, 0.05) is 56.1 Å². The molecule has 3 aromatic rings. The Balaban J connectivity index is 1.41. The molecule has 0 spiro atoms. The monoisotopic (exact) mass is 581 g/mol. The van der Waals surface area contributed by atoms with Crippen LogP contribution in [0.1, 0.15) is 60.0 Å². The fourth-order valence-corrected chi connectivity index (χ4v) is 6.02. The van der Waals surface area contributed by atoms with Crippen LogP contribution in [0, 0.1) is 31.4 Å². The summed E-state index contributed by atoms with van der Waals surface area (Å²) in [6.07, 6.45) is 4.10. The maximum absolute atomic E-state index is 15.3. The summed E-state index contributed by atoms with van der Waals surface area (Å²) in [5.41, 5.74) is 3.78. The number of carboxylic acids is 1. The SMILES string of the molecule is Cc1cccc(C)c1-c1cc(F)c(F)c([C@H](CC(=O)O)NCC(CC2CC2)n2cc(CCN3CC(F)C3)ccc2=O)c1. The van der Waals surface area contributed by atoms with E-state index in [1.54, 1.807) is 10.6 Å². The molecule has 6 nitrogen and oxygen atoms in total. The molecular formula is C33H38F3N3O3. The van der Waals surface area contributed by atoms with E-state index in [0.717, 1.165) is 41.2 Å². The molecule has 1 aromatic heterocycles. The van der Waals surface area contributed by atoms with E-state index in [4.69, 9.17) is 0 Å². The van der Waals surface area contributed by atoms with Gasteiger partial charge in [-0.25, -0.2) is 13.2 Å². The summed E-state index contributed by atoms with van der Waals surface area (Å²) in [5, 5.41) is 12.9. The quantitative estimate of drug-likeness (QED) is 0.269. The summed E-state index contributed by atoms with van der Waals surface area (Å²) in [6.45, 7) is 5.56. The van der Waals surface area contributed by atoms with Crippen LogP contribution in [-0.2, 0) is 11.2 Å². The molecule has 224 valence electrons. The number of rotatable bonds is 13. The third-order valence-corrected chi connectivity index (χ3v) is 8.50. The van der Waals surface area contributed by atoms with E-state index in [1.807, 2.05) is 43.1 Å². The van der Waals surface area contributed by atoms with E-state index in [0.29, 0.717) is 44.0 Å². The van der Waals surface area contributed by atoms with Crippen molar-refractivity contribution in [3.05, 3.63) is 92.9 Å². The van der Waals surface area contributed by atoms with Crippen molar-refractivity contribution in [1.29, 1.82) is 0 Å². The van der Waals surface area contributed by atoms with Crippen LogP contribution in [0.15, 0.2) is 53.5 Å². The molecule has 0 amide bonds. The minimum absolute atomic E-state index is 0.0537. The second-order valence-corrected chi connectivity index (χ2v) is 11.9. The van der Waals surface area contributed by atoms with E-state index >= 15 is 4.39 Å². The van der Waals surface area contributed by atoms with Crippen molar-refractivity contribution in [2.45, 2.75) is 64.2 Å².